The number of amides is 1. The molecule has 5 nitrogen and oxygen atoms in total. The molecule has 0 unspecified atom stereocenters. The molecule has 1 amide bonds. The van der Waals surface area contributed by atoms with E-state index in [1.807, 2.05) is 72.1 Å². The number of ether oxygens (including phenoxy) is 1. The molecular weight excluding hydrogens is 370 g/mol. The standard InChI is InChI=1S/C22H17N3O2S/c26-21(16-7-6-8-17(15-16)24-22-23-13-14-28-22)25-19-11-4-5-12-20(19)27-18-9-2-1-3-10-18/h1-15H,(H,23,24)(H,25,26). The summed E-state index contributed by atoms with van der Waals surface area (Å²) in [5, 5.41) is 8.79. The summed E-state index contributed by atoms with van der Waals surface area (Å²) in [6.07, 6.45) is 1.73. The molecule has 6 heteroatoms. The molecule has 28 heavy (non-hydrogen) atoms. The van der Waals surface area contributed by atoms with Gasteiger partial charge in [-0.3, -0.25) is 4.79 Å². The number of nitrogens with one attached hydrogen (secondary N) is 2. The maximum atomic E-state index is 12.8. The van der Waals surface area contributed by atoms with Crippen LogP contribution in [-0.2, 0) is 0 Å². The number of hydrogen-bond acceptors (Lipinski definition) is 5. The minimum Gasteiger partial charge on any atom is -0.455 e. The van der Waals surface area contributed by atoms with Crippen LogP contribution in [0.5, 0.6) is 11.5 Å². The quantitative estimate of drug-likeness (QED) is 0.430. The first-order valence-corrected chi connectivity index (χ1v) is 9.56. The van der Waals surface area contributed by atoms with Gasteiger partial charge in [-0.1, -0.05) is 36.4 Å². The van der Waals surface area contributed by atoms with Gasteiger partial charge in [0.2, 0.25) is 0 Å². The summed E-state index contributed by atoms with van der Waals surface area (Å²) in [5.74, 6) is 1.07. The zero-order chi connectivity index (χ0) is 19.2. The Morgan fingerprint density at radius 2 is 1.75 bits per heavy atom. The summed E-state index contributed by atoms with van der Waals surface area (Å²) in [6.45, 7) is 0. The van der Waals surface area contributed by atoms with E-state index in [-0.39, 0.29) is 5.91 Å². The smallest absolute Gasteiger partial charge is 0.255 e. The number of hydrogen-bond donors (Lipinski definition) is 2. The van der Waals surface area contributed by atoms with Crippen LogP contribution in [0.15, 0.2) is 90.4 Å². The van der Waals surface area contributed by atoms with E-state index in [0.29, 0.717) is 22.7 Å². The van der Waals surface area contributed by atoms with E-state index in [0.717, 1.165) is 10.8 Å². The third kappa shape index (κ3) is 4.36. The summed E-state index contributed by atoms with van der Waals surface area (Å²) in [6, 6.07) is 24.1. The number of thiazole rings is 1. The van der Waals surface area contributed by atoms with Gasteiger partial charge in [0.15, 0.2) is 10.9 Å². The number of benzene rings is 3. The average Bonchev–Trinajstić information content (AvgIpc) is 3.23. The average molecular weight is 387 g/mol. The van der Waals surface area contributed by atoms with Gasteiger partial charge in [-0.25, -0.2) is 4.98 Å². The van der Waals surface area contributed by atoms with E-state index < -0.39 is 0 Å². The Morgan fingerprint density at radius 3 is 2.57 bits per heavy atom. The fraction of sp³-hybridized carbons (Fsp3) is 0. The summed E-state index contributed by atoms with van der Waals surface area (Å²) in [5.41, 5.74) is 1.95. The largest absolute Gasteiger partial charge is 0.455 e. The zero-order valence-electron chi connectivity index (χ0n) is 14.8. The number of rotatable bonds is 6. The monoisotopic (exact) mass is 387 g/mol. The Labute approximate surface area is 166 Å². The third-order valence-corrected chi connectivity index (χ3v) is 4.60. The molecule has 1 heterocycles. The van der Waals surface area contributed by atoms with Gasteiger partial charge >= 0.3 is 0 Å². The molecule has 0 atom stereocenters. The minimum absolute atomic E-state index is 0.216. The van der Waals surface area contributed by atoms with E-state index in [4.69, 9.17) is 4.74 Å². The second-order valence-corrected chi connectivity index (χ2v) is 6.80. The third-order valence-electron chi connectivity index (χ3n) is 3.91. The first-order valence-electron chi connectivity index (χ1n) is 8.68. The fourth-order valence-electron chi connectivity index (χ4n) is 2.62. The van der Waals surface area contributed by atoms with Crippen LogP contribution in [0.2, 0.25) is 0 Å². The summed E-state index contributed by atoms with van der Waals surface area (Å²) in [7, 11) is 0. The number of anilines is 3. The van der Waals surface area contributed by atoms with Crippen molar-refractivity contribution in [2.24, 2.45) is 0 Å². The van der Waals surface area contributed by atoms with E-state index in [1.54, 1.807) is 18.3 Å². The van der Waals surface area contributed by atoms with Gasteiger partial charge in [0, 0.05) is 22.8 Å². The molecule has 0 spiro atoms. The first-order chi connectivity index (χ1) is 13.8. The SMILES string of the molecule is O=C(Nc1ccccc1Oc1ccccc1)c1cccc(Nc2nccs2)c1. The number of aromatic nitrogens is 1. The maximum Gasteiger partial charge on any atom is 0.255 e. The molecule has 1 aromatic heterocycles. The lowest BCUT2D eigenvalue weighted by Gasteiger charge is -2.12. The highest BCUT2D eigenvalue weighted by Gasteiger charge is 2.11. The van der Waals surface area contributed by atoms with Crippen molar-refractivity contribution in [1.82, 2.24) is 4.98 Å². The number of carbonyl (C=O) groups is 1. The molecule has 4 rings (SSSR count). The Morgan fingerprint density at radius 1 is 0.929 bits per heavy atom. The van der Waals surface area contributed by atoms with E-state index in [1.165, 1.54) is 11.3 Å². The summed E-state index contributed by atoms with van der Waals surface area (Å²) >= 11 is 1.50. The molecule has 0 aliphatic rings. The molecule has 0 aliphatic carbocycles. The van der Waals surface area contributed by atoms with E-state index >= 15 is 0 Å². The zero-order valence-corrected chi connectivity index (χ0v) is 15.6. The van der Waals surface area contributed by atoms with Crippen LogP contribution in [0.1, 0.15) is 10.4 Å². The van der Waals surface area contributed by atoms with Crippen molar-refractivity contribution in [3.8, 4) is 11.5 Å². The Hall–Kier alpha value is -3.64. The number of para-hydroxylation sites is 3. The van der Waals surface area contributed by atoms with Crippen LogP contribution in [0.25, 0.3) is 0 Å². The highest BCUT2D eigenvalue weighted by molar-refractivity contribution is 7.13. The van der Waals surface area contributed by atoms with Crippen molar-refractivity contribution in [1.29, 1.82) is 0 Å². The molecule has 0 bridgehead atoms. The Balaban J connectivity index is 1.51. The second kappa shape index (κ2) is 8.37. The van der Waals surface area contributed by atoms with Gasteiger partial charge in [-0.05, 0) is 42.5 Å². The summed E-state index contributed by atoms with van der Waals surface area (Å²) in [4.78, 5) is 17.0. The van der Waals surface area contributed by atoms with Gasteiger partial charge in [-0.2, -0.15) is 0 Å². The molecule has 0 radical (unpaired) electrons. The van der Waals surface area contributed by atoms with Crippen molar-refractivity contribution in [2.45, 2.75) is 0 Å². The first kappa shape index (κ1) is 17.8. The number of carbonyl (C=O) groups excluding carboxylic acids is 1. The van der Waals surface area contributed by atoms with Gasteiger partial charge in [0.1, 0.15) is 5.75 Å². The highest BCUT2D eigenvalue weighted by Crippen LogP contribution is 2.29. The molecule has 138 valence electrons. The van der Waals surface area contributed by atoms with Crippen molar-refractivity contribution < 1.29 is 9.53 Å². The van der Waals surface area contributed by atoms with Crippen LogP contribution in [-0.4, -0.2) is 10.9 Å². The van der Waals surface area contributed by atoms with Crippen molar-refractivity contribution in [3.63, 3.8) is 0 Å². The molecular formula is C22H17N3O2S. The molecule has 0 saturated heterocycles. The lowest BCUT2D eigenvalue weighted by atomic mass is 10.2. The van der Waals surface area contributed by atoms with Crippen LogP contribution < -0.4 is 15.4 Å². The summed E-state index contributed by atoms with van der Waals surface area (Å²) < 4.78 is 5.91. The predicted molar refractivity (Wildman–Crippen MR) is 113 cm³/mol. The van der Waals surface area contributed by atoms with Crippen LogP contribution in [0.4, 0.5) is 16.5 Å². The lowest BCUT2D eigenvalue weighted by molar-refractivity contribution is 0.102. The molecule has 0 aliphatic heterocycles. The minimum atomic E-state index is -0.216. The van der Waals surface area contributed by atoms with Gasteiger partial charge in [-0.15, -0.1) is 11.3 Å². The molecule has 4 aromatic rings. The predicted octanol–water partition coefficient (Wildman–Crippen LogP) is 5.93. The molecule has 0 saturated carbocycles. The Kier molecular flexibility index (Phi) is 5.31. The topological polar surface area (TPSA) is 63.2 Å². The van der Waals surface area contributed by atoms with Crippen molar-refractivity contribution >= 4 is 33.8 Å². The molecule has 0 fully saturated rings. The molecule has 3 aromatic carbocycles. The van der Waals surface area contributed by atoms with Crippen molar-refractivity contribution in [2.75, 3.05) is 10.6 Å². The van der Waals surface area contributed by atoms with Crippen LogP contribution in [0, 0.1) is 0 Å². The van der Waals surface area contributed by atoms with E-state index in [9.17, 15) is 4.79 Å². The van der Waals surface area contributed by atoms with Crippen LogP contribution >= 0.6 is 11.3 Å². The van der Waals surface area contributed by atoms with Gasteiger partial charge in [0.25, 0.3) is 5.91 Å². The van der Waals surface area contributed by atoms with Crippen LogP contribution in [0.3, 0.4) is 0 Å². The second-order valence-electron chi connectivity index (χ2n) is 5.91. The lowest BCUT2D eigenvalue weighted by Crippen LogP contribution is -2.12. The normalized spacial score (nSPS) is 10.3. The highest BCUT2D eigenvalue weighted by atomic mass is 32.1. The Bertz CT molecular complexity index is 1070. The maximum absolute atomic E-state index is 12.8. The van der Waals surface area contributed by atoms with E-state index in [2.05, 4.69) is 15.6 Å². The van der Waals surface area contributed by atoms with Gasteiger partial charge < -0.3 is 15.4 Å². The number of nitrogens with zero attached hydrogens (tertiary/aromatic N) is 1. The van der Waals surface area contributed by atoms with Gasteiger partial charge in [0.05, 0.1) is 5.69 Å². The fourth-order valence-corrected chi connectivity index (χ4v) is 3.16. The van der Waals surface area contributed by atoms with Crippen molar-refractivity contribution in [3.05, 3.63) is 96.0 Å². The molecule has 2 N–H and O–H groups in total.